The number of carboxylic acid groups (broad SMARTS) is 1. The number of aromatic carboxylic acids is 1. The molecule has 0 aliphatic heterocycles. The van der Waals surface area contributed by atoms with E-state index in [1.807, 2.05) is 17.7 Å². The van der Waals surface area contributed by atoms with Gasteiger partial charge in [0.2, 0.25) is 0 Å². The van der Waals surface area contributed by atoms with Gasteiger partial charge in [0.25, 0.3) is 0 Å². The van der Waals surface area contributed by atoms with Gasteiger partial charge < -0.3 is 14.4 Å². The van der Waals surface area contributed by atoms with Crippen LogP contribution < -0.4 is 0 Å². The van der Waals surface area contributed by atoms with E-state index in [1.165, 1.54) is 7.11 Å². The lowest BCUT2D eigenvalue weighted by molar-refractivity contribution is 0.0684. The highest BCUT2D eigenvalue weighted by molar-refractivity contribution is 5.86. The Hall–Kier alpha value is -2.22. The maximum absolute atomic E-state index is 11.0. The summed E-state index contributed by atoms with van der Waals surface area (Å²) in [5.41, 5.74) is 0.400. The van der Waals surface area contributed by atoms with Crippen molar-refractivity contribution < 1.29 is 14.6 Å². The van der Waals surface area contributed by atoms with Crippen molar-refractivity contribution in [3.8, 4) is 0 Å². The first kappa shape index (κ1) is 13.2. The van der Waals surface area contributed by atoms with Crippen LogP contribution in [0.4, 0.5) is 0 Å². The van der Waals surface area contributed by atoms with Crippen molar-refractivity contribution in [2.24, 2.45) is 0 Å². The maximum Gasteiger partial charge on any atom is 0.358 e. The van der Waals surface area contributed by atoms with Gasteiger partial charge in [0, 0.05) is 26.0 Å². The van der Waals surface area contributed by atoms with Crippen molar-refractivity contribution in [3.63, 3.8) is 0 Å². The number of aromatic nitrogens is 5. The van der Waals surface area contributed by atoms with E-state index in [0.29, 0.717) is 18.8 Å². The molecule has 0 fully saturated rings. The Morgan fingerprint density at radius 3 is 2.84 bits per heavy atom. The van der Waals surface area contributed by atoms with Gasteiger partial charge in [0.15, 0.2) is 5.69 Å². The summed E-state index contributed by atoms with van der Waals surface area (Å²) < 4.78 is 8.50. The van der Waals surface area contributed by atoms with Gasteiger partial charge in [0.05, 0.1) is 18.8 Å². The minimum absolute atomic E-state index is 0.0656. The Morgan fingerprint density at radius 2 is 2.26 bits per heavy atom. The van der Waals surface area contributed by atoms with Crippen LogP contribution in [0.25, 0.3) is 0 Å². The Bertz CT molecular complexity index is 575. The molecule has 0 aromatic carbocycles. The predicted octanol–water partition coefficient (Wildman–Crippen LogP) is 0.328. The second-order valence-electron chi connectivity index (χ2n) is 4.01. The van der Waals surface area contributed by atoms with Crippen LogP contribution in [0, 0.1) is 6.92 Å². The molecular formula is C11H15N5O3. The van der Waals surface area contributed by atoms with Crippen molar-refractivity contribution in [2.75, 3.05) is 7.11 Å². The molecule has 8 heteroatoms. The number of carboxylic acids is 1. The summed E-state index contributed by atoms with van der Waals surface area (Å²) in [5, 5.41) is 16.5. The van der Waals surface area contributed by atoms with Crippen LogP contribution in [0.15, 0.2) is 12.4 Å². The highest BCUT2D eigenvalue weighted by atomic mass is 16.5. The maximum atomic E-state index is 11.0. The summed E-state index contributed by atoms with van der Waals surface area (Å²) in [5.74, 6) is -0.205. The Kier molecular flexibility index (Phi) is 3.91. The van der Waals surface area contributed by atoms with Crippen molar-refractivity contribution in [2.45, 2.75) is 26.6 Å². The molecule has 19 heavy (non-hydrogen) atoms. The molecule has 1 N–H and O–H groups in total. The number of methoxy groups -OCH3 is 1. The molecule has 0 spiro atoms. The Morgan fingerprint density at radius 1 is 1.47 bits per heavy atom. The highest BCUT2D eigenvalue weighted by Crippen LogP contribution is 2.08. The van der Waals surface area contributed by atoms with E-state index in [9.17, 15) is 4.79 Å². The first-order chi connectivity index (χ1) is 9.13. The second kappa shape index (κ2) is 5.61. The monoisotopic (exact) mass is 265 g/mol. The van der Waals surface area contributed by atoms with Crippen LogP contribution in [0.1, 0.15) is 22.0 Å². The first-order valence-corrected chi connectivity index (χ1v) is 5.75. The molecule has 0 radical (unpaired) electrons. The van der Waals surface area contributed by atoms with Crippen LogP contribution in [0.2, 0.25) is 0 Å². The smallest absolute Gasteiger partial charge is 0.358 e. The molecule has 8 nitrogen and oxygen atoms in total. The molecule has 2 aromatic heterocycles. The van der Waals surface area contributed by atoms with E-state index in [2.05, 4.69) is 15.3 Å². The number of hydrogen-bond acceptors (Lipinski definition) is 5. The molecule has 0 amide bonds. The van der Waals surface area contributed by atoms with Crippen LogP contribution >= 0.6 is 0 Å². The minimum atomic E-state index is -1.10. The minimum Gasteiger partial charge on any atom is -0.476 e. The van der Waals surface area contributed by atoms with Gasteiger partial charge in [-0.3, -0.25) is 0 Å². The normalized spacial score (nSPS) is 10.8. The third-order valence-corrected chi connectivity index (χ3v) is 2.80. The average Bonchev–Trinajstić information content (AvgIpc) is 2.94. The average molecular weight is 265 g/mol. The number of hydrogen-bond donors (Lipinski definition) is 1. The number of imidazole rings is 1. The summed E-state index contributed by atoms with van der Waals surface area (Å²) in [7, 11) is 1.50. The van der Waals surface area contributed by atoms with Crippen LogP contribution in [-0.4, -0.2) is 42.7 Å². The molecule has 0 aliphatic carbocycles. The molecule has 0 aliphatic rings. The van der Waals surface area contributed by atoms with Crippen molar-refractivity contribution >= 4 is 5.97 Å². The van der Waals surface area contributed by atoms with Crippen LogP contribution in [0.5, 0.6) is 0 Å². The summed E-state index contributed by atoms with van der Waals surface area (Å²) in [4.78, 5) is 15.1. The van der Waals surface area contributed by atoms with Crippen LogP contribution in [-0.2, 0) is 24.4 Å². The van der Waals surface area contributed by atoms with E-state index in [0.717, 1.165) is 5.82 Å². The van der Waals surface area contributed by atoms with Crippen LogP contribution in [0.3, 0.4) is 0 Å². The molecule has 2 aromatic rings. The third kappa shape index (κ3) is 2.79. The molecule has 0 bridgehead atoms. The summed E-state index contributed by atoms with van der Waals surface area (Å²) in [6.07, 6.45) is 3.58. The lowest BCUT2D eigenvalue weighted by Gasteiger charge is -2.08. The van der Waals surface area contributed by atoms with E-state index in [-0.39, 0.29) is 12.3 Å². The van der Waals surface area contributed by atoms with E-state index < -0.39 is 5.97 Å². The number of carbonyl (C=O) groups is 1. The SMILES string of the molecule is COCc1c(C(=O)O)nnn1CCn1ccnc1C. The third-order valence-electron chi connectivity index (χ3n) is 2.80. The molecule has 0 unspecified atom stereocenters. The van der Waals surface area contributed by atoms with Gasteiger partial charge in [-0.1, -0.05) is 5.21 Å². The fourth-order valence-corrected chi connectivity index (χ4v) is 1.80. The Labute approximate surface area is 109 Å². The zero-order valence-corrected chi connectivity index (χ0v) is 10.8. The van der Waals surface area contributed by atoms with Crippen molar-refractivity contribution in [1.29, 1.82) is 0 Å². The lowest BCUT2D eigenvalue weighted by atomic mass is 10.3. The van der Waals surface area contributed by atoms with E-state index >= 15 is 0 Å². The fourth-order valence-electron chi connectivity index (χ4n) is 1.80. The van der Waals surface area contributed by atoms with Gasteiger partial charge >= 0.3 is 5.97 Å². The predicted molar refractivity (Wildman–Crippen MR) is 64.7 cm³/mol. The number of nitrogens with zero attached hydrogens (tertiary/aromatic N) is 5. The number of aryl methyl sites for hydroxylation is 3. The second-order valence-corrected chi connectivity index (χ2v) is 4.01. The lowest BCUT2D eigenvalue weighted by Crippen LogP contribution is -2.13. The highest BCUT2D eigenvalue weighted by Gasteiger charge is 2.18. The summed E-state index contributed by atoms with van der Waals surface area (Å²) >= 11 is 0. The van der Waals surface area contributed by atoms with Gasteiger partial charge in [0.1, 0.15) is 5.82 Å². The summed E-state index contributed by atoms with van der Waals surface area (Å²) in [6, 6.07) is 0. The fraction of sp³-hybridized carbons (Fsp3) is 0.455. The van der Waals surface area contributed by atoms with E-state index in [1.54, 1.807) is 10.9 Å². The molecular weight excluding hydrogens is 250 g/mol. The van der Waals surface area contributed by atoms with Gasteiger partial charge in [-0.2, -0.15) is 0 Å². The molecule has 0 saturated heterocycles. The largest absolute Gasteiger partial charge is 0.476 e. The van der Waals surface area contributed by atoms with Gasteiger partial charge in [-0.25, -0.2) is 14.5 Å². The first-order valence-electron chi connectivity index (χ1n) is 5.75. The van der Waals surface area contributed by atoms with E-state index in [4.69, 9.17) is 9.84 Å². The van der Waals surface area contributed by atoms with Crippen molar-refractivity contribution in [1.82, 2.24) is 24.5 Å². The molecule has 102 valence electrons. The zero-order chi connectivity index (χ0) is 13.8. The number of ether oxygens (including phenoxy) is 1. The zero-order valence-electron chi connectivity index (χ0n) is 10.8. The summed E-state index contributed by atoms with van der Waals surface area (Å²) in [6.45, 7) is 3.22. The molecule has 0 saturated carbocycles. The van der Waals surface area contributed by atoms with Gasteiger partial charge in [-0.15, -0.1) is 5.10 Å². The topological polar surface area (TPSA) is 95.1 Å². The Balaban J connectivity index is 2.16. The molecule has 0 atom stereocenters. The number of rotatable bonds is 6. The molecule has 2 rings (SSSR count). The van der Waals surface area contributed by atoms with Gasteiger partial charge in [-0.05, 0) is 6.92 Å². The quantitative estimate of drug-likeness (QED) is 0.808. The molecule has 2 heterocycles. The van der Waals surface area contributed by atoms with Crippen molar-refractivity contribution in [3.05, 3.63) is 29.6 Å². The standard InChI is InChI=1S/C11H15N5O3/c1-8-12-3-4-15(8)5-6-16-9(7-19-2)10(11(17)18)13-14-16/h3-4H,5-7H2,1-2H3,(H,17,18).